The highest BCUT2D eigenvalue weighted by atomic mass is 16.6. The van der Waals surface area contributed by atoms with Gasteiger partial charge in [-0.3, -0.25) is 14.9 Å². The van der Waals surface area contributed by atoms with Crippen molar-refractivity contribution in [3.05, 3.63) is 77.6 Å². The lowest BCUT2D eigenvalue weighted by atomic mass is 10.1. The number of hydrogen-bond acceptors (Lipinski definition) is 7. The lowest BCUT2D eigenvalue weighted by Crippen LogP contribution is -2.07. The smallest absolute Gasteiger partial charge is 0.293 e. The van der Waals surface area contributed by atoms with Crippen LogP contribution >= 0.6 is 0 Å². The van der Waals surface area contributed by atoms with Gasteiger partial charge in [0.05, 0.1) is 10.6 Å². The van der Waals surface area contributed by atoms with Gasteiger partial charge in [0.2, 0.25) is 5.91 Å². The van der Waals surface area contributed by atoms with Crippen LogP contribution in [0.2, 0.25) is 0 Å². The van der Waals surface area contributed by atoms with E-state index >= 15 is 0 Å². The van der Waals surface area contributed by atoms with Crippen molar-refractivity contribution in [1.82, 2.24) is 14.8 Å². The number of oxazole rings is 1. The molecule has 0 saturated heterocycles. The number of nitrogens with one attached hydrogen (secondary N) is 2. The Morgan fingerprint density at radius 2 is 2.03 bits per heavy atom. The molecule has 2 aromatic carbocycles. The average molecular weight is 404 g/mol. The van der Waals surface area contributed by atoms with Crippen LogP contribution < -0.4 is 10.6 Å². The van der Waals surface area contributed by atoms with Crippen LogP contribution in [0.5, 0.6) is 0 Å². The van der Waals surface area contributed by atoms with Gasteiger partial charge in [-0.2, -0.15) is 5.10 Å². The van der Waals surface area contributed by atoms with Crippen LogP contribution in [0.3, 0.4) is 0 Å². The summed E-state index contributed by atoms with van der Waals surface area (Å²) in [5, 5.41) is 21.6. The zero-order chi connectivity index (χ0) is 21.1. The Balaban J connectivity index is 1.73. The van der Waals surface area contributed by atoms with E-state index in [1.54, 1.807) is 53.5 Å². The van der Waals surface area contributed by atoms with Crippen molar-refractivity contribution >= 4 is 28.7 Å². The highest BCUT2D eigenvalue weighted by Gasteiger charge is 2.17. The maximum Gasteiger partial charge on any atom is 0.293 e. The van der Waals surface area contributed by atoms with E-state index in [1.807, 2.05) is 0 Å². The van der Waals surface area contributed by atoms with Crippen molar-refractivity contribution in [2.45, 2.75) is 6.92 Å². The topological polar surface area (TPSA) is 128 Å². The maximum absolute atomic E-state index is 11.7. The van der Waals surface area contributed by atoms with Gasteiger partial charge in [0.1, 0.15) is 17.6 Å². The molecule has 30 heavy (non-hydrogen) atoms. The third kappa shape index (κ3) is 4.02. The van der Waals surface area contributed by atoms with Gasteiger partial charge in [0.15, 0.2) is 6.39 Å². The molecule has 0 spiro atoms. The molecule has 0 fully saturated rings. The molecular weight excluding hydrogens is 388 g/mol. The first-order valence-corrected chi connectivity index (χ1v) is 8.86. The van der Waals surface area contributed by atoms with Crippen molar-refractivity contribution in [3.8, 4) is 16.9 Å². The lowest BCUT2D eigenvalue weighted by Gasteiger charge is -2.13. The Kier molecular flexibility index (Phi) is 4.95. The quantitative estimate of drug-likeness (QED) is 0.365. The van der Waals surface area contributed by atoms with Gasteiger partial charge < -0.3 is 15.1 Å². The highest BCUT2D eigenvalue weighted by molar-refractivity contribution is 5.90. The predicted octanol–water partition coefficient (Wildman–Crippen LogP) is 4.14. The molecule has 0 aliphatic carbocycles. The molecule has 150 valence electrons. The van der Waals surface area contributed by atoms with Crippen LogP contribution in [0, 0.1) is 10.1 Å². The standard InChI is InChI=1S/C20H16N6O4/c1-13(27)23-15-8-16(10-17(9-15)25-6-2-5-22-25)24-18-4-3-14(7-20(18)26(28)29)19-11-30-12-21-19/h2-12,24H,1H3,(H,23,27). The van der Waals surface area contributed by atoms with E-state index in [-0.39, 0.29) is 11.6 Å². The van der Waals surface area contributed by atoms with Crippen LogP contribution in [0.25, 0.3) is 16.9 Å². The molecule has 1 amide bonds. The van der Waals surface area contributed by atoms with Gasteiger partial charge in [-0.25, -0.2) is 9.67 Å². The Bertz CT molecular complexity index is 1200. The number of benzene rings is 2. The first-order chi connectivity index (χ1) is 14.5. The summed E-state index contributed by atoms with van der Waals surface area (Å²) in [6.45, 7) is 1.40. The number of rotatable bonds is 6. The Morgan fingerprint density at radius 3 is 2.70 bits per heavy atom. The van der Waals surface area contributed by atoms with Gasteiger partial charge in [-0.1, -0.05) is 6.07 Å². The summed E-state index contributed by atoms with van der Waals surface area (Å²) in [4.78, 5) is 26.7. The molecule has 0 aliphatic rings. The maximum atomic E-state index is 11.7. The summed E-state index contributed by atoms with van der Waals surface area (Å²) in [7, 11) is 0. The normalized spacial score (nSPS) is 10.6. The molecule has 0 saturated carbocycles. The molecule has 2 heterocycles. The van der Waals surface area contributed by atoms with Crippen LogP contribution in [-0.4, -0.2) is 25.6 Å². The van der Waals surface area contributed by atoms with Crippen molar-refractivity contribution in [2.75, 3.05) is 10.6 Å². The summed E-state index contributed by atoms with van der Waals surface area (Å²) in [6.07, 6.45) is 6.06. The molecule has 10 nitrogen and oxygen atoms in total. The molecule has 4 rings (SSSR count). The minimum atomic E-state index is -0.474. The van der Waals surface area contributed by atoms with Gasteiger partial charge in [-0.05, 0) is 30.3 Å². The van der Waals surface area contributed by atoms with Crippen LogP contribution in [-0.2, 0) is 4.79 Å². The summed E-state index contributed by atoms with van der Waals surface area (Å²) < 4.78 is 6.57. The van der Waals surface area contributed by atoms with E-state index < -0.39 is 4.92 Å². The van der Waals surface area contributed by atoms with Crippen LogP contribution in [0.4, 0.5) is 22.7 Å². The number of nitrogens with zero attached hydrogens (tertiary/aromatic N) is 4. The number of hydrogen-bond donors (Lipinski definition) is 2. The molecule has 10 heteroatoms. The second-order valence-electron chi connectivity index (χ2n) is 6.39. The minimum absolute atomic E-state index is 0.124. The van der Waals surface area contributed by atoms with E-state index in [0.717, 1.165) is 0 Å². The zero-order valence-electron chi connectivity index (χ0n) is 15.8. The van der Waals surface area contributed by atoms with Crippen molar-refractivity contribution < 1.29 is 14.1 Å². The van der Waals surface area contributed by atoms with Gasteiger partial charge in [0.25, 0.3) is 5.69 Å². The van der Waals surface area contributed by atoms with E-state index in [0.29, 0.717) is 34.0 Å². The third-order valence-electron chi connectivity index (χ3n) is 4.21. The fraction of sp³-hybridized carbons (Fsp3) is 0.0500. The first kappa shape index (κ1) is 18.9. The molecule has 0 bridgehead atoms. The van der Waals surface area contributed by atoms with Gasteiger partial charge in [-0.15, -0.1) is 0 Å². The summed E-state index contributed by atoms with van der Waals surface area (Å²) in [5.74, 6) is -0.235. The number of aromatic nitrogens is 3. The molecule has 4 aromatic rings. The number of amides is 1. The second-order valence-corrected chi connectivity index (χ2v) is 6.39. The van der Waals surface area contributed by atoms with Gasteiger partial charge >= 0.3 is 0 Å². The Labute approximate surface area is 170 Å². The summed E-state index contributed by atoms with van der Waals surface area (Å²) in [6, 6.07) is 11.7. The van der Waals surface area contributed by atoms with E-state index in [4.69, 9.17) is 4.42 Å². The highest BCUT2D eigenvalue weighted by Crippen LogP contribution is 2.33. The predicted molar refractivity (Wildman–Crippen MR) is 110 cm³/mol. The van der Waals surface area contributed by atoms with Crippen molar-refractivity contribution in [2.24, 2.45) is 0 Å². The summed E-state index contributed by atoms with van der Waals surface area (Å²) >= 11 is 0. The lowest BCUT2D eigenvalue weighted by molar-refractivity contribution is -0.383. The Morgan fingerprint density at radius 1 is 1.20 bits per heavy atom. The fourth-order valence-corrected chi connectivity index (χ4v) is 2.97. The molecule has 0 radical (unpaired) electrons. The van der Waals surface area contributed by atoms with Crippen LogP contribution in [0.1, 0.15) is 6.92 Å². The number of anilines is 3. The molecule has 0 atom stereocenters. The van der Waals surface area contributed by atoms with Gasteiger partial charge in [0, 0.05) is 42.3 Å². The number of nitro groups is 1. The van der Waals surface area contributed by atoms with Crippen molar-refractivity contribution in [3.63, 3.8) is 0 Å². The molecular formula is C20H16N6O4. The third-order valence-corrected chi connectivity index (χ3v) is 4.21. The number of carbonyl (C=O) groups is 1. The van der Waals surface area contributed by atoms with Crippen LogP contribution in [0.15, 0.2) is 71.9 Å². The number of nitro benzene ring substituents is 1. The summed E-state index contributed by atoms with van der Waals surface area (Å²) in [5.41, 5.74) is 2.97. The molecule has 2 N–H and O–H groups in total. The molecule has 0 unspecified atom stereocenters. The molecule has 0 aliphatic heterocycles. The van der Waals surface area contributed by atoms with E-state index in [9.17, 15) is 14.9 Å². The molecule has 2 aromatic heterocycles. The monoisotopic (exact) mass is 404 g/mol. The average Bonchev–Trinajstić information content (AvgIpc) is 3.42. The largest absolute Gasteiger partial charge is 0.451 e. The first-order valence-electron chi connectivity index (χ1n) is 8.86. The zero-order valence-corrected chi connectivity index (χ0v) is 15.8. The Hall–Kier alpha value is -4.47. The SMILES string of the molecule is CC(=O)Nc1cc(Nc2ccc(-c3cocn3)cc2[N+](=O)[O-])cc(-n2cccn2)c1. The van der Waals surface area contributed by atoms with E-state index in [2.05, 4.69) is 20.7 Å². The van der Waals surface area contributed by atoms with E-state index in [1.165, 1.54) is 25.6 Å². The number of carbonyl (C=O) groups excluding carboxylic acids is 1. The van der Waals surface area contributed by atoms with Crippen molar-refractivity contribution in [1.29, 1.82) is 0 Å². The fourth-order valence-electron chi connectivity index (χ4n) is 2.97. The minimum Gasteiger partial charge on any atom is -0.451 e. The second kappa shape index (κ2) is 7.87.